The number of hydrogen-bond donors (Lipinski definition) is 1. The Balaban J connectivity index is 2.93. The van der Waals surface area contributed by atoms with E-state index in [9.17, 15) is 14.9 Å². The lowest BCUT2D eigenvalue weighted by Crippen LogP contribution is -2.20. The van der Waals surface area contributed by atoms with Crippen molar-refractivity contribution in [3.63, 3.8) is 0 Å². The van der Waals surface area contributed by atoms with Crippen molar-refractivity contribution in [3.8, 4) is 11.5 Å². The number of hydrogen-bond acceptors (Lipinski definition) is 5. The van der Waals surface area contributed by atoms with E-state index < -0.39 is 10.8 Å². The Bertz CT molecular complexity index is 499. The average molecular weight is 266 g/mol. The molecule has 0 atom stereocenters. The van der Waals surface area contributed by atoms with Gasteiger partial charge >= 0.3 is 0 Å². The van der Waals surface area contributed by atoms with Gasteiger partial charge in [-0.25, -0.2) is 0 Å². The Morgan fingerprint density at radius 1 is 1.42 bits per heavy atom. The second-order valence-corrected chi connectivity index (χ2v) is 3.50. The third kappa shape index (κ3) is 5.07. The number of carbonyl (C=O) groups is 1. The van der Waals surface area contributed by atoms with Crippen LogP contribution in [0, 0.1) is 10.1 Å². The molecule has 1 amide bonds. The highest BCUT2D eigenvalue weighted by Gasteiger charge is 2.07. The maximum atomic E-state index is 10.7. The van der Waals surface area contributed by atoms with Crippen LogP contribution in [0.2, 0.25) is 0 Å². The Kier molecular flexibility index (Phi) is 5.34. The molecule has 0 aliphatic heterocycles. The summed E-state index contributed by atoms with van der Waals surface area (Å²) in [7, 11) is 0. The van der Waals surface area contributed by atoms with E-state index in [4.69, 9.17) is 15.2 Å². The molecule has 1 rings (SSSR count). The van der Waals surface area contributed by atoms with Crippen LogP contribution in [-0.2, 0) is 4.79 Å². The van der Waals surface area contributed by atoms with E-state index in [0.29, 0.717) is 23.7 Å². The number of primary amides is 1. The van der Waals surface area contributed by atoms with Crippen LogP contribution in [-0.4, -0.2) is 24.0 Å². The lowest BCUT2D eigenvalue weighted by atomic mass is 10.2. The summed E-state index contributed by atoms with van der Waals surface area (Å²) in [6.45, 7) is 1.93. The molecular formula is C12H14N2O5. The minimum absolute atomic E-state index is 0.260. The number of carbonyl (C=O) groups excluding carboxylic acids is 1. The van der Waals surface area contributed by atoms with Crippen LogP contribution in [0.3, 0.4) is 0 Å². The van der Waals surface area contributed by atoms with Crippen LogP contribution in [0.25, 0.3) is 6.08 Å². The van der Waals surface area contributed by atoms with E-state index >= 15 is 0 Å². The van der Waals surface area contributed by atoms with Gasteiger partial charge in [0.25, 0.3) is 5.91 Å². The molecule has 19 heavy (non-hydrogen) atoms. The molecule has 0 aliphatic carbocycles. The van der Waals surface area contributed by atoms with E-state index in [-0.39, 0.29) is 6.61 Å². The first kappa shape index (κ1) is 14.5. The normalized spacial score (nSPS) is 10.4. The van der Waals surface area contributed by atoms with Crippen LogP contribution in [0.5, 0.6) is 11.5 Å². The fourth-order valence-electron chi connectivity index (χ4n) is 1.31. The first-order chi connectivity index (χ1) is 9.02. The highest BCUT2D eigenvalue weighted by molar-refractivity contribution is 5.75. The quantitative estimate of drug-likeness (QED) is 0.589. The van der Waals surface area contributed by atoms with Gasteiger partial charge in [-0.2, -0.15) is 0 Å². The molecule has 0 unspecified atom stereocenters. The van der Waals surface area contributed by atoms with Crippen LogP contribution in [0.1, 0.15) is 12.5 Å². The van der Waals surface area contributed by atoms with E-state index in [1.165, 1.54) is 6.08 Å². The molecule has 2 N–H and O–H groups in total. The Morgan fingerprint density at radius 2 is 2.16 bits per heavy atom. The van der Waals surface area contributed by atoms with Crippen molar-refractivity contribution >= 4 is 12.0 Å². The molecule has 0 bridgehead atoms. The molecule has 102 valence electrons. The van der Waals surface area contributed by atoms with Gasteiger partial charge in [-0.15, -0.1) is 0 Å². The SMILES string of the molecule is CCOc1cc(/C=C\[N+](=O)[O-])ccc1OCC(N)=O. The topological polar surface area (TPSA) is 105 Å². The van der Waals surface area contributed by atoms with Crippen molar-refractivity contribution in [1.82, 2.24) is 0 Å². The summed E-state index contributed by atoms with van der Waals surface area (Å²) in [5, 5.41) is 10.2. The van der Waals surface area contributed by atoms with Gasteiger partial charge in [0.15, 0.2) is 18.1 Å². The summed E-state index contributed by atoms with van der Waals surface area (Å²) in [6.07, 6.45) is 2.16. The van der Waals surface area contributed by atoms with E-state index in [2.05, 4.69) is 0 Å². The molecule has 0 saturated carbocycles. The number of benzene rings is 1. The van der Waals surface area contributed by atoms with Crippen molar-refractivity contribution in [2.45, 2.75) is 6.92 Å². The third-order valence-electron chi connectivity index (χ3n) is 2.03. The highest BCUT2D eigenvalue weighted by Crippen LogP contribution is 2.28. The van der Waals surface area contributed by atoms with Crippen molar-refractivity contribution < 1.29 is 19.2 Å². The molecule has 0 aromatic heterocycles. The van der Waals surface area contributed by atoms with Crippen LogP contribution < -0.4 is 15.2 Å². The second kappa shape index (κ2) is 7.00. The number of nitro groups is 1. The summed E-state index contributed by atoms with van der Waals surface area (Å²) >= 11 is 0. The zero-order chi connectivity index (χ0) is 14.3. The summed E-state index contributed by atoms with van der Waals surface area (Å²) in [5.74, 6) is 0.160. The second-order valence-electron chi connectivity index (χ2n) is 3.50. The molecule has 1 aromatic rings. The molecule has 0 fully saturated rings. The molecule has 7 nitrogen and oxygen atoms in total. The zero-order valence-electron chi connectivity index (χ0n) is 10.4. The van der Waals surface area contributed by atoms with Crippen molar-refractivity contribution in [3.05, 3.63) is 40.1 Å². The highest BCUT2D eigenvalue weighted by atomic mass is 16.6. The smallest absolute Gasteiger partial charge is 0.255 e. The summed E-state index contributed by atoms with van der Waals surface area (Å²) in [6, 6.07) is 4.76. The monoisotopic (exact) mass is 266 g/mol. The first-order valence-electron chi connectivity index (χ1n) is 5.52. The van der Waals surface area contributed by atoms with Crippen molar-refractivity contribution in [1.29, 1.82) is 0 Å². The molecule has 0 spiro atoms. The molecule has 0 saturated heterocycles. The van der Waals surface area contributed by atoms with Gasteiger partial charge in [0.2, 0.25) is 6.20 Å². The van der Waals surface area contributed by atoms with Gasteiger partial charge in [0.05, 0.1) is 11.5 Å². The minimum atomic E-state index is -0.597. The largest absolute Gasteiger partial charge is 0.490 e. The van der Waals surface area contributed by atoms with Crippen molar-refractivity contribution in [2.24, 2.45) is 5.73 Å². The van der Waals surface area contributed by atoms with Gasteiger partial charge in [-0.3, -0.25) is 14.9 Å². The molecule has 0 heterocycles. The number of rotatable bonds is 7. The molecule has 0 radical (unpaired) electrons. The summed E-state index contributed by atoms with van der Waals surface area (Å²) in [5.41, 5.74) is 5.57. The van der Waals surface area contributed by atoms with Gasteiger partial charge in [0, 0.05) is 6.08 Å². The predicted octanol–water partition coefficient (Wildman–Crippen LogP) is 1.20. The lowest BCUT2D eigenvalue weighted by molar-refractivity contribution is -0.400. The lowest BCUT2D eigenvalue weighted by Gasteiger charge is -2.11. The van der Waals surface area contributed by atoms with Gasteiger partial charge in [-0.05, 0) is 24.6 Å². The fraction of sp³-hybridized carbons (Fsp3) is 0.250. The molecular weight excluding hydrogens is 252 g/mol. The number of amides is 1. The number of nitrogens with two attached hydrogens (primary N) is 1. The number of nitrogens with zero attached hydrogens (tertiary/aromatic N) is 1. The van der Waals surface area contributed by atoms with Crippen LogP contribution >= 0.6 is 0 Å². The fourth-order valence-corrected chi connectivity index (χ4v) is 1.31. The molecule has 0 aliphatic rings. The Morgan fingerprint density at radius 3 is 2.74 bits per heavy atom. The maximum absolute atomic E-state index is 10.7. The van der Waals surface area contributed by atoms with Crippen molar-refractivity contribution in [2.75, 3.05) is 13.2 Å². The van der Waals surface area contributed by atoms with Gasteiger partial charge in [0.1, 0.15) is 0 Å². The van der Waals surface area contributed by atoms with E-state index in [0.717, 1.165) is 6.20 Å². The summed E-state index contributed by atoms with van der Waals surface area (Å²) in [4.78, 5) is 20.3. The minimum Gasteiger partial charge on any atom is -0.490 e. The van der Waals surface area contributed by atoms with E-state index in [1.807, 2.05) is 0 Å². The predicted molar refractivity (Wildman–Crippen MR) is 68.3 cm³/mol. The molecule has 1 aromatic carbocycles. The van der Waals surface area contributed by atoms with Gasteiger partial charge < -0.3 is 15.2 Å². The third-order valence-corrected chi connectivity index (χ3v) is 2.03. The zero-order valence-corrected chi connectivity index (χ0v) is 10.4. The Hall–Kier alpha value is -2.57. The van der Waals surface area contributed by atoms with E-state index in [1.54, 1.807) is 25.1 Å². The van der Waals surface area contributed by atoms with Gasteiger partial charge in [-0.1, -0.05) is 6.07 Å². The maximum Gasteiger partial charge on any atom is 0.255 e. The summed E-state index contributed by atoms with van der Waals surface area (Å²) < 4.78 is 10.5. The standard InChI is InChI=1S/C12H14N2O5/c1-2-18-11-7-9(5-6-14(16)17)3-4-10(11)19-8-12(13)15/h3-7H,2,8H2,1H3,(H2,13,15)/b6-5-. The average Bonchev–Trinajstić information content (AvgIpc) is 2.35. The number of ether oxygens (including phenoxy) is 2. The van der Waals surface area contributed by atoms with Crippen LogP contribution in [0.4, 0.5) is 0 Å². The first-order valence-corrected chi connectivity index (χ1v) is 5.52. The van der Waals surface area contributed by atoms with Crippen LogP contribution in [0.15, 0.2) is 24.4 Å². The molecule has 7 heteroatoms. The Labute approximate surface area is 109 Å².